The first kappa shape index (κ1) is 19.4. The SMILES string of the molecule is C/C(=N/NC(=O)C(=O)Nc1ccc(C)cc1)c1ccc(C(C)(C)C)cc1. The lowest BCUT2D eigenvalue weighted by atomic mass is 9.86. The molecule has 0 fully saturated rings. The van der Waals surface area contributed by atoms with Gasteiger partial charge in [0.05, 0.1) is 5.71 Å². The molecule has 2 aromatic rings. The Morgan fingerprint density at radius 3 is 2.00 bits per heavy atom. The Morgan fingerprint density at radius 2 is 1.46 bits per heavy atom. The number of amides is 2. The monoisotopic (exact) mass is 351 g/mol. The number of nitrogens with one attached hydrogen (secondary N) is 2. The fourth-order valence-electron chi connectivity index (χ4n) is 2.29. The number of hydrogen-bond donors (Lipinski definition) is 2. The lowest BCUT2D eigenvalue weighted by molar-refractivity contribution is -0.136. The van der Waals surface area contributed by atoms with Gasteiger partial charge in [-0.2, -0.15) is 5.10 Å². The molecule has 0 heterocycles. The molecule has 2 N–H and O–H groups in total. The van der Waals surface area contributed by atoms with E-state index in [9.17, 15) is 9.59 Å². The molecule has 0 spiro atoms. The molecule has 0 aliphatic carbocycles. The van der Waals surface area contributed by atoms with E-state index in [1.54, 1.807) is 19.1 Å². The van der Waals surface area contributed by atoms with Crippen LogP contribution in [0.5, 0.6) is 0 Å². The van der Waals surface area contributed by atoms with E-state index >= 15 is 0 Å². The van der Waals surface area contributed by atoms with Crippen molar-refractivity contribution in [2.45, 2.75) is 40.0 Å². The standard InChI is InChI=1S/C21H25N3O2/c1-14-6-12-18(13-7-14)22-19(25)20(26)24-23-15(2)16-8-10-17(11-9-16)21(3,4)5/h6-13H,1-5H3,(H,22,25)(H,24,26)/b23-15-. The summed E-state index contributed by atoms with van der Waals surface area (Å²) in [6.45, 7) is 10.2. The second-order valence-electron chi connectivity index (χ2n) is 7.29. The topological polar surface area (TPSA) is 70.6 Å². The van der Waals surface area contributed by atoms with Gasteiger partial charge in [-0.05, 0) is 42.5 Å². The van der Waals surface area contributed by atoms with Crippen LogP contribution < -0.4 is 10.7 Å². The van der Waals surface area contributed by atoms with Crippen molar-refractivity contribution < 1.29 is 9.59 Å². The van der Waals surface area contributed by atoms with E-state index in [0.29, 0.717) is 11.4 Å². The van der Waals surface area contributed by atoms with Gasteiger partial charge in [0.2, 0.25) is 0 Å². The Balaban J connectivity index is 1.97. The second kappa shape index (κ2) is 7.95. The zero-order valence-electron chi connectivity index (χ0n) is 15.9. The van der Waals surface area contributed by atoms with Crippen LogP contribution in [0, 0.1) is 6.92 Å². The van der Waals surface area contributed by atoms with Crippen LogP contribution in [0.15, 0.2) is 53.6 Å². The Labute approximate surface area is 154 Å². The molecule has 2 aromatic carbocycles. The molecule has 0 aliphatic heterocycles. The molecule has 2 amide bonds. The van der Waals surface area contributed by atoms with E-state index in [1.807, 2.05) is 43.3 Å². The van der Waals surface area contributed by atoms with Crippen molar-refractivity contribution in [2.24, 2.45) is 5.10 Å². The first-order valence-electron chi connectivity index (χ1n) is 8.50. The fraction of sp³-hybridized carbons (Fsp3) is 0.286. The van der Waals surface area contributed by atoms with Crippen molar-refractivity contribution in [3.8, 4) is 0 Å². The van der Waals surface area contributed by atoms with Crippen molar-refractivity contribution in [3.63, 3.8) is 0 Å². The van der Waals surface area contributed by atoms with Gasteiger partial charge in [-0.15, -0.1) is 0 Å². The number of nitrogens with zero attached hydrogens (tertiary/aromatic N) is 1. The molecule has 136 valence electrons. The van der Waals surface area contributed by atoms with Crippen LogP contribution in [0.1, 0.15) is 44.4 Å². The third kappa shape index (κ3) is 5.28. The first-order valence-corrected chi connectivity index (χ1v) is 8.50. The number of hydrogen-bond acceptors (Lipinski definition) is 3. The van der Waals surface area contributed by atoms with Crippen LogP contribution in [0.25, 0.3) is 0 Å². The third-order valence-corrected chi connectivity index (χ3v) is 4.01. The number of benzene rings is 2. The predicted molar refractivity (Wildman–Crippen MR) is 105 cm³/mol. The van der Waals surface area contributed by atoms with Crippen LogP contribution in [0.3, 0.4) is 0 Å². The molecule has 5 heteroatoms. The van der Waals surface area contributed by atoms with E-state index in [4.69, 9.17) is 0 Å². The molecule has 0 saturated heterocycles. The van der Waals surface area contributed by atoms with Crippen molar-refractivity contribution in [2.75, 3.05) is 5.32 Å². The molecule has 0 aliphatic rings. The molecular weight excluding hydrogens is 326 g/mol. The van der Waals surface area contributed by atoms with Gasteiger partial charge < -0.3 is 5.32 Å². The van der Waals surface area contributed by atoms with Crippen LogP contribution in [0.4, 0.5) is 5.69 Å². The van der Waals surface area contributed by atoms with Crippen molar-refractivity contribution in [1.82, 2.24) is 5.43 Å². The first-order chi connectivity index (χ1) is 12.2. The maximum Gasteiger partial charge on any atom is 0.329 e. The van der Waals surface area contributed by atoms with Gasteiger partial charge in [-0.3, -0.25) is 9.59 Å². The van der Waals surface area contributed by atoms with Gasteiger partial charge >= 0.3 is 11.8 Å². The van der Waals surface area contributed by atoms with Crippen LogP contribution in [-0.4, -0.2) is 17.5 Å². The second-order valence-corrected chi connectivity index (χ2v) is 7.29. The Kier molecular flexibility index (Phi) is 5.93. The van der Waals surface area contributed by atoms with Crippen LogP contribution >= 0.6 is 0 Å². The summed E-state index contributed by atoms with van der Waals surface area (Å²) >= 11 is 0. The zero-order valence-corrected chi connectivity index (χ0v) is 15.9. The van der Waals surface area contributed by atoms with Crippen molar-refractivity contribution in [1.29, 1.82) is 0 Å². The summed E-state index contributed by atoms with van der Waals surface area (Å²) in [6.07, 6.45) is 0. The van der Waals surface area contributed by atoms with Crippen LogP contribution in [-0.2, 0) is 15.0 Å². The maximum absolute atomic E-state index is 11.9. The summed E-state index contributed by atoms with van der Waals surface area (Å²) in [6, 6.07) is 15.2. The van der Waals surface area contributed by atoms with E-state index in [1.165, 1.54) is 5.56 Å². The summed E-state index contributed by atoms with van der Waals surface area (Å²) in [4.78, 5) is 23.8. The van der Waals surface area contributed by atoms with Gasteiger partial charge in [-0.1, -0.05) is 62.7 Å². The Morgan fingerprint density at radius 1 is 0.885 bits per heavy atom. The minimum absolute atomic E-state index is 0.0753. The average Bonchev–Trinajstić information content (AvgIpc) is 2.60. The maximum atomic E-state index is 11.9. The molecular formula is C21H25N3O2. The van der Waals surface area contributed by atoms with Crippen molar-refractivity contribution >= 4 is 23.2 Å². The number of hydrazone groups is 1. The smallest absolute Gasteiger partial charge is 0.318 e. The minimum atomic E-state index is -0.809. The highest BCUT2D eigenvalue weighted by atomic mass is 16.2. The number of rotatable bonds is 3. The molecule has 26 heavy (non-hydrogen) atoms. The van der Waals surface area contributed by atoms with Gasteiger partial charge in [0.15, 0.2) is 0 Å². The summed E-state index contributed by atoms with van der Waals surface area (Å²) in [5.74, 6) is -1.57. The van der Waals surface area contributed by atoms with E-state index in [0.717, 1.165) is 11.1 Å². The quantitative estimate of drug-likeness (QED) is 0.502. The van der Waals surface area contributed by atoms with E-state index in [2.05, 4.69) is 36.6 Å². The molecule has 0 aromatic heterocycles. The highest BCUT2D eigenvalue weighted by molar-refractivity contribution is 6.39. The van der Waals surface area contributed by atoms with Gasteiger partial charge in [0.1, 0.15) is 0 Å². The van der Waals surface area contributed by atoms with Gasteiger partial charge in [0, 0.05) is 5.69 Å². The Hall–Kier alpha value is -2.95. The predicted octanol–water partition coefficient (Wildman–Crippen LogP) is 3.77. The summed E-state index contributed by atoms with van der Waals surface area (Å²) in [5.41, 5.74) is 6.74. The normalized spacial score (nSPS) is 11.8. The Bertz CT molecular complexity index is 814. The number of carbonyl (C=O) groups is 2. The fourth-order valence-corrected chi connectivity index (χ4v) is 2.29. The van der Waals surface area contributed by atoms with Gasteiger partial charge in [0.25, 0.3) is 0 Å². The minimum Gasteiger partial charge on any atom is -0.318 e. The lowest BCUT2D eigenvalue weighted by Gasteiger charge is -2.19. The molecule has 0 unspecified atom stereocenters. The molecule has 0 atom stereocenters. The lowest BCUT2D eigenvalue weighted by Crippen LogP contribution is -2.32. The highest BCUT2D eigenvalue weighted by Gasteiger charge is 2.14. The number of aryl methyl sites for hydroxylation is 1. The highest BCUT2D eigenvalue weighted by Crippen LogP contribution is 2.22. The van der Waals surface area contributed by atoms with Crippen molar-refractivity contribution in [3.05, 3.63) is 65.2 Å². The molecule has 0 saturated carbocycles. The molecule has 0 bridgehead atoms. The summed E-state index contributed by atoms with van der Waals surface area (Å²) in [5, 5.41) is 6.56. The average molecular weight is 351 g/mol. The molecule has 0 radical (unpaired) electrons. The van der Waals surface area contributed by atoms with Gasteiger partial charge in [-0.25, -0.2) is 5.43 Å². The number of carbonyl (C=O) groups excluding carboxylic acids is 2. The third-order valence-electron chi connectivity index (χ3n) is 4.01. The van der Waals surface area contributed by atoms with Crippen LogP contribution in [0.2, 0.25) is 0 Å². The summed E-state index contributed by atoms with van der Waals surface area (Å²) in [7, 11) is 0. The zero-order chi connectivity index (χ0) is 19.3. The van der Waals surface area contributed by atoms with E-state index in [-0.39, 0.29) is 5.41 Å². The largest absolute Gasteiger partial charge is 0.329 e. The number of anilines is 1. The molecule has 5 nitrogen and oxygen atoms in total. The summed E-state index contributed by atoms with van der Waals surface area (Å²) < 4.78 is 0. The van der Waals surface area contributed by atoms with E-state index < -0.39 is 11.8 Å². The molecule has 2 rings (SSSR count).